The summed E-state index contributed by atoms with van der Waals surface area (Å²) in [4.78, 5) is 11.1. The topological polar surface area (TPSA) is 26.3 Å². The number of hydrogen-bond donors (Lipinski definition) is 0. The van der Waals surface area contributed by atoms with Crippen molar-refractivity contribution in [1.82, 2.24) is 0 Å². The van der Waals surface area contributed by atoms with E-state index in [1.807, 2.05) is 0 Å². The van der Waals surface area contributed by atoms with E-state index in [4.69, 9.17) is 0 Å². The third kappa shape index (κ3) is 5.05. The Hall–Kier alpha value is -0.790. The van der Waals surface area contributed by atoms with E-state index in [9.17, 15) is 4.79 Å². The van der Waals surface area contributed by atoms with Crippen molar-refractivity contribution in [3.05, 3.63) is 12.2 Å². The van der Waals surface area contributed by atoms with Crippen LogP contribution in [0.4, 0.5) is 0 Å². The SMILES string of the molecule is C=C(CC(CC)CCCC)C(=O)OC. The standard InChI is InChI=1S/C12H22O2/c1-5-7-8-11(6-2)9-10(3)12(13)14-4/h11H,3,5-9H2,1-2,4H3. The Kier molecular flexibility index (Phi) is 7.17. The van der Waals surface area contributed by atoms with Crippen LogP contribution in [0.25, 0.3) is 0 Å². The van der Waals surface area contributed by atoms with E-state index in [1.165, 1.54) is 26.4 Å². The van der Waals surface area contributed by atoms with Crippen LogP contribution < -0.4 is 0 Å². The van der Waals surface area contributed by atoms with Crippen molar-refractivity contribution in [1.29, 1.82) is 0 Å². The largest absolute Gasteiger partial charge is 0.466 e. The quantitative estimate of drug-likeness (QED) is 0.463. The molecule has 0 saturated heterocycles. The summed E-state index contributed by atoms with van der Waals surface area (Å²) in [7, 11) is 1.40. The summed E-state index contributed by atoms with van der Waals surface area (Å²) in [6.07, 6.45) is 5.51. The number of unbranched alkanes of at least 4 members (excludes halogenated alkanes) is 1. The molecule has 1 unspecified atom stereocenters. The van der Waals surface area contributed by atoms with E-state index in [-0.39, 0.29) is 5.97 Å². The van der Waals surface area contributed by atoms with Crippen LogP contribution in [0, 0.1) is 5.92 Å². The number of esters is 1. The van der Waals surface area contributed by atoms with Crippen LogP contribution in [-0.2, 0) is 9.53 Å². The van der Waals surface area contributed by atoms with Crippen LogP contribution in [0.3, 0.4) is 0 Å². The summed E-state index contributed by atoms with van der Waals surface area (Å²) in [5.74, 6) is 0.321. The van der Waals surface area contributed by atoms with Crippen LogP contribution in [0.2, 0.25) is 0 Å². The second-order valence-electron chi connectivity index (χ2n) is 3.72. The highest BCUT2D eigenvalue weighted by Crippen LogP contribution is 2.20. The summed E-state index contributed by atoms with van der Waals surface area (Å²) < 4.78 is 4.62. The first-order valence-corrected chi connectivity index (χ1v) is 5.41. The van der Waals surface area contributed by atoms with Gasteiger partial charge in [0.25, 0.3) is 0 Å². The molecule has 0 rings (SSSR count). The summed E-state index contributed by atoms with van der Waals surface area (Å²) in [5.41, 5.74) is 0.607. The van der Waals surface area contributed by atoms with Crippen LogP contribution in [0.15, 0.2) is 12.2 Å². The number of carbonyl (C=O) groups is 1. The molecular formula is C12H22O2. The second-order valence-corrected chi connectivity index (χ2v) is 3.72. The molecule has 0 fully saturated rings. The molecule has 0 aromatic carbocycles. The maximum Gasteiger partial charge on any atom is 0.333 e. The van der Waals surface area contributed by atoms with Crippen molar-refractivity contribution in [3.8, 4) is 0 Å². The number of hydrogen-bond acceptors (Lipinski definition) is 2. The first-order chi connectivity index (χ1) is 6.65. The number of rotatable bonds is 7. The molecule has 0 aromatic rings. The molecule has 0 spiro atoms. The smallest absolute Gasteiger partial charge is 0.333 e. The summed E-state index contributed by atoms with van der Waals surface area (Å²) in [5, 5.41) is 0. The fourth-order valence-electron chi connectivity index (χ4n) is 1.52. The molecule has 0 bridgehead atoms. The van der Waals surface area contributed by atoms with Gasteiger partial charge in [-0.05, 0) is 12.3 Å². The summed E-state index contributed by atoms with van der Waals surface area (Å²) >= 11 is 0. The third-order valence-corrected chi connectivity index (χ3v) is 2.55. The van der Waals surface area contributed by atoms with Gasteiger partial charge in [0.1, 0.15) is 0 Å². The van der Waals surface area contributed by atoms with Gasteiger partial charge < -0.3 is 4.74 Å². The molecule has 0 N–H and O–H groups in total. The highest BCUT2D eigenvalue weighted by Gasteiger charge is 2.13. The zero-order valence-electron chi connectivity index (χ0n) is 9.64. The second kappa shape index (κ2) is 7.60. The highest BCUT2D eigenvalue weighted by atomic mass is 16.5. The van der Waals surface area contributed by atoms with Crippen molar-refractivity contribution in [3.63, 3.8) is 0 Å². The zero-order chi connectivity index (χ0) is 11.0. The van der Waals surface area contributed by atoms with Crippen LogP contribution in [0.5, 0.6) is 0 Å². The first kappa shape index (κ1) is 13.2. The van der Waals surface area contributed by atoms with E-state index in [0.717, 1.165) is 12.8 Å². The highest BCUT2D eigenvalue weighted by molar-refractivity contribution is 5.87. The van der Waals surface area contributed by atoms with Gasteiger partial charge in [0.15, 0.2) is 0 Å². The lowest BCUT2D eigenvalue weighted by Crippen LogP contribution is -2.09. The molecule has 2 nitrogen and oxygen atoms in total. The van der Waals surface area contributed by atoms with Crippen molar-refractivity contribution < 1.29 is 9.53 Å². The first-order valence-electron chi connectivity index (χ1n) is 5.41. The maximum absolute atomic E-state index is 11.1. The summed E-state index contributed by atoms with van der Waals surface area (Å²) in [6.45, 7) is 8.09. The third-order valence-electron chi connectivity index (χ3n) is 2.55. The van der Waals surface area contributed by atoms with Crippen LogP contribution in [-0.4, -0.2) is 13.1 Å². The van der Waals surface area contributed by atoms with Gasteiger partial charge in [-0.2, -0.15) is 0 Å². The Morgan fingerprint density at radius 2 is 2.07 bits per heavy atom. The summed E-state index contributed by atoms with van der Waals surface area (Å²) in [6, 6.07) is 0. The normalized spacial score (nSPS) is 12.2. The number of carbonyl (C=O) groups excluding carboxylic acids is 1. The molecule has 0 aliphatic rings. The van der Waals surface area contributed by atoms with E-state index >= 15 is 0 Å². The Bertz CT molecular complexity index is 185. The van der Waals surface area contributed by atoms with Gasteiger partial charge in [-0.15, -0.1) is 0 Å². The average molecular weight is 198 g/mol. The molecule has 2 heteroatoms. The number of ether oxygens (including phenoxy) is 1. The predicted molar refractivity (Wildman–Crippen MR) is 59.1 cm³/mol. The molecule has 82 valence electrons. The average Bonchev–Trinajstić information content (AvgIpc) is 2.22. The van der Waals surface area contributed by atoms with Crippen molar-refractivity contribution in [2.45, 2.75) is 46.0 Å². The zero-order valence-corrected chi connectivity index (χ0v) is 9.64. The van der Waals surface area contributed by atoms with Gasteiger partial charge in [-0.3, -0.25) is 0 Å². The molecule has 0 radical (unpaired) electrons. The molecule has 0 saturated carbocycles. The van der Waals surface area contributed by atoms with Gasteiger partial charge in [-0.25, -0.2) is 4.79 Å². The predicted octanol–water partition coefficient (Wildman–Crippen LogP) is 3.32. The Morgan fingerprint density at radius 3 is 2.50 bits per heavy atom. The molecule has 0 aromatic heterocycles. The Balaban J connectivity index is 3.91. The monoisotopic (exact) mass is 198 g/mol. The van der Waals surface area contributed by atoms with Gasteiger partial charge in [0.2, 0.25) is 0 Å². The van der Waals surface area contributed by atoms with Gasteiger partial charge in [0.05, 0.1) is 7.11 Å². The minimum Gasteiger partial charge on any atom is -0.466 e. The molecule has 0 amide bonds. The van der Waals surface area contributed by atoms with E-state index in [1.54, 1.807) is 0 Å². The Morgan fingerprint density at radius 1 is 1.43 bits per heavy atom. The van der Waals surface area contributed by atoms with Crippen molar-refractivity contribution in [2.24, 2.45) is 5.92 Å². The van der Waals surface area contributed by atoms with Crippen molar-refractivity contribution in [2.75, 3.05) is 7.11 Å². The van der Waals surface area contributed by atoms with Gasteiger partial charge in [0, 0.05) is 5.57 Å². The minimum absolute atomic E-state index is 0.264. The Labute approximate surface area is 87.3 Å². The molecule has 0 aliphatic carbocycles. The maximum atomic E-state index is 11.1. The van der Waals surface area contributed by atoms with Crippen LogP contribution in [0.1, 0.15) is 46.0 Å². The van der Waals surface area contributed by atoms with Crippen LogP contribution >= 0.6 is 0 Å². The molecule has 0 heterocycles. The molecule has 0 aliphatic heterocycles. The minimum atomic E-state index is -0.264. The lowest BCUT2D eigenvalue weighted by Gasteiger charge is -2.14. The molecule has 14 heavy (non-hydrogen) atoms. The lowest BCUT2D eigenvalue weighted by molar-refractivity contribution is -0.136. The van der Waals surface area contributed by atoms with E-state index < -0.39 is 0 Å². The van der Waals surface area contributed by atoms with E-state index in [0.29, 0.717) is 11.5 Å². The van der Waals surface area contributed by atoms with E-state index in [2.05, 4.69) is 25.2 Å². The fourth-order valence-corrected chi connectivity index (χ4v) is 1.52. The lowest BCUT2D eigenvalue weighted by atomic mass is 9.92. The van der Waals surface area contributed by atoms with Gasteiger partial charge >= 0.3 is 5.97 Å². The molecular weight excluding hydrogens is 176 g/mol. The fraction of sp³-hybridized carbons (Fsp3) is 0.750. The number of methoxy groups -OCH3 is 1. The molecule has 1 atom stereocenters. The van der Waals surface area contributed by atoms with Gasteiger partial charge in [-0.1, -0.05) is 46.1 Å². The van der Waals surface area contributed by atoms with Crippen molar-refractivity contribution >= 4 is 5.97 Å².